The van der Waals surface area contributed by atoms with E-state index in [1.165, 1.54) is 12.1 Å². The summed E-state index contributed by atoms with van der Waals surface area (Å²) in [5, 5.41) is 13.0. The summed E-state index contributed by atoms with van der Waals surface area (Å²) >= 11 is 0. The van der Waals surface area contributed by atoms with Gasteiger partial charge in [-0.2, -0.15) is 0 Å². The van der Waals surface area contributed by atoms with E-state index in [1.807, 2.05) is 0 Å². The second-order valence-corrected chi connectivity index (χ2v) is 5.59. The molecule has 0 aromatic heterocycles. The summed E-state index contributed by atoms with van der Waals surface area (Å²) in [6.07, 6.45) is 3.45. The van der Waals surface area contributed by atoms with E-state index in [9.17, 15) is 14.3 Å². The minimum atomic E-state index is -0.849. The van der Waals surface area contributed by atoms with Crippen LogP contribution in [0.25, 0.3) is 0 Å². The third kappa shape index (κ3) is 3.53. The Balaban J connectivity index is 1.95. The summed E-state index contributed by atoms with van der Waals surface area (Å²) in [5.74, 6) is -0.544. The zero-order chi connectivity index (χ0) is 13.9. The molecule has 0 radical (unpaired) electrons. The maximum absolute atomic E-state index is 13.4. The van der Waals surface area contributed by atoms with Gasteiger partial charge >= 0.3 is 0 Å². The third-order valence-electron chi connectivity index (χ3n) is 3.76. The molecule has 2 atom stereocenters. The molecule has 2 rings (SSSR count). The first kappa shape index (κ1) is 14.0. The molecule has 3 nitrogen and oxygen atoms in total. The number of carbonyl (C=O) groups excluding carboxylic acids is 1. The Hall–Kier alpha value is -1.42. The molecule has 1 aliphatic carbocycles. The van der Waals surface area contributed by atoms with E-state index in [0.29, 0.717) is 18.8 Å². The number of aliphatic hydroxyl groups is 1. The average Bonchev–Trinajstić information content (AvgIpc) is 2.36. The van der Waals surface area contributed by atoms with Gasteiger partial charge in [-0.1, -0.05) is 31.9 Å². The van der Waals surface area contributed by atoms with Crippen LogP contribution in [0.5, 0.6) is 0 Å². The molecule has 1 aliphatic rings. The fourth-order valence-corrected chi connectivity index (χ4v) is 2.78. The third-order valence-corrected chi connectivity index (χ3v) is 3.76. The van der Waals surface area contributed by atoms with Crippen molar-refractivity contribution in [2.24, 2.45) is 5.92 Å². The lowest BCUT2D eigenvalue weighted by Gasteiger charge is -2.35. The lowest BCUT2D eigenvalue weighted by Crippen LogP contribution is -2.45. The van der Waals surface area contributed by atoms with E-state index in [4.69, 9.17) is 0 Å². The van der Waals surface area contributed by atoms with Crippen molar-refractivity contribution >= 4 is 5.91 Å². The van der Waals surface area contributed by atoms with Crippen molar-refractivity contribution in [2.45, 2.75) is 38.2 Å². The molecule has 4 heteroatoms. The molecular weight excluding hydrogens is 245 g/mol. The number of halogens is 1. The predicted octanol–water partition coefficient (Wildman–Crippen LogP) is 2.50. The topological polar surface area (TPSA) is 49.3 Å². The van der Waals surface area contributed by atoms with E-state index in [2.05, 4.69) is 12.2 Å². The summed E-state index contributed by atoms with van der Waals surface area (Å²) in [7, 11) is 0. The van der Waals surface area contributed by atoms with E-state index >= 15 is 0 Å². The van der Waals surface area contributed by atoms with Gasteiger partial charge in [-0.3, -0.25) is 4.79 Å². The minimum Gasteiger partial charge on any atom is -0.388 e. The first-order valence-electron chi connectivity index (χ1n) is 6.75. The van der Waals surface area contributed by atoms with Crippen LogP contribution in [0, 0.1) is 11.7 Å². The highest BCUT2D eigenvalue weighted by molar-refractivity contribution is 5.94. The van der Waals surface area contributed by atoms with Gasteiger partial charge in [0.25, 0.3) is 5.91 Å². The Labute approximate surface area is 112 Å². The van der Waals surface area contributed by atoms with Gasteiger partial charge in [0.15, 0.2) is 0 Å². The Morgan fingerprint density at radius 2 is 2.26 bits per heavy atom. The lowest BCUT2D eigenvalue weighted by molar-refractivity contribution is -0.0109. The van der Waals surface area contributed by atoms with Gasteiger partial charge in [0, 0.05) is 6.54 Å². The molecule has 104 valence electrons. The summed E-state index contributed by atoms with van der Waals surface area (Å²) in [6.45, 7) is 2.29. The van der Waals surface area contributed by atoms with Crippen LogP contribution in [0.2, 0.25) is 0 Å². The van der Waals surface area contributed by atoms with Crippen LogP contribution in [0.15, 0.2) is 24.3 Å². The van der Waals surface area contributed by atoms with Crippen LogP contribution in [0.3, 0.4) is 0 Å². The highest BCUT2D eigenvalue weighted by atomic mass is 19.1. The fourth-order valence-electron chi connectivity index (χ4n) is 2.78. The minimum absolute atomic E-state index is 0.0231. The maximum Gasteiger partial charge on any atom is 0.254 e. The van der Waals surface area contributed by atoms with Crippen molar-refractivity contribution in [3.8, 4) is 0 Å². The molecule has 2 unspecified atom stereocenters. The SMILES string of the molecule is CC1CCCC(O)(CNC(=O)c2ccccc2F)C1. The molecule has 0 heterocycles. The summed E-state index contributed by atoms with van der Waals surface area (Å²) in [4.78, 5) is 11.9. The number of amides is 1. The van der Waals surface area contributed by atoms with E-state index in [0.717, 1.165) is 12.8 Å². The molecule has 19 heavy (non-hydrogen) atoms. The van der Waals surface area contributed by atoms with Gasteiger partial charge in [0.1, 0.15) is 5.82 Å². The molecule has 1 aromatic rings. The van der Waals surface area contributed by atoms with E-state index < -0.39 is 17.3 Å². The molecular formula is C15H20FNO2. The molecule has 0 bridgehead atoms. The number of hydrogen-bond donors (Lipinski definition) is 2. The van der Waals surface area contributed by atoms with Crippen molar-refractivity contribution in [3.05, 3.63) is 35.6 Å². The number of nitrogens with one attached hydrogen (secondary N) is 1. The largest absolute Gasteiger partial charge is 0.388 e. The quantitative estimate of drug-likeness (QED) is 0.882. The van der Waals surface area contributed by atoms with Crippen LogP contribution in [-0.2, 0) is 0 Å². The lowest BCUT2D eigenvalue weighted by atomic mass is 9.79. The number of rotatable bonds is 3. The van der Waals surface area contributed by atoms with Gasteiger partial charge in [-0.05, 0) is 30.9 Å². The van der Waals surface area contributed by atoms with Crippen LogP contribution in [0.4, 0.5) is 4.39 Å². The predicted molar refractivity (Wildman–Crippen MR) is 71.3 cm³/mol. The molecule has 0 spiro atoms. The zero-order valence-electron chi connectivity index (χ0n) is 11.2. The van der Waals surface area contributed by atoms with Crippen molar-refractivity contribution in [1.29, 1.82) is 0 Å². The molecule has 2 N–H and O–H groups in total. The van der Waals surface area contributed by atoms with Gasteiger partial charge < -0.3 is 10.4 Å². The average molecular weight is 265 g/mol. The van der Waals surface area contributed by atoms with Crippen LogP contribution in [0.1, 0.15) is 43.0 Å². The van der Waals surface area contributed by atoms with Gasteiger partial charge in [-0.25, -0.2) is 4.39 Å². The first-order chi connectivity index (χ1) is 9.00. The van der Waals surface area contributed by atoms with Gasteiger partial charge in [-0.15, -0.1) is 0 Å². The number of hydrogen-bond acceptors (Lipinski definition) is 2. The highest BCUT2D eigenvalue weighted by Gasteiger charge is 2.33. The summed E-state index contributed by atoms with van der Waals surface area (Å²) < 4.78 is 13.4. The van der Waals surface area contributed by atoms with E-state index in [1.54, 1.807) is 12.1 Å². The molecule has 1 aromatic carbocycles. The normalized spacial score (nSPS) is 27.0. The maximum atomic E-state index is 13.4. The Morgan fingerprint density at radius 3 is 2.95 bits per heavy atom. The van der Waals surface area contributed by atoms with Crippen molar-refractivity contribution in [3.63, 3.8) is 0 Å². The second kappa shape index (κ2) is 5.70. The monoisotopic (exact) mass is 265 g/mol. The molecule has 0 aliphatic heterocycles. The Bertz CT molecular complexity index is 463. The fraction of sp³-hybridized carbons (Fsp3) is 0.533. The number of carbonyl (C=O) groups is 1. The van der Waals surface area contributed by atoms with Crippen molar-refractivity contribution < 1.29 is 14.3 Å². The van der Waals surface area contributed by atoms with Gasteiger partial charge in [0.2, 0.25) is 0 Å². The Kier molecular flexibility index (Phi) is 4.20. The molecule has 0 saturated heterocycles. The van der Waals surface area contributed by atoms with Crippen molar-refractivity contribution in [1.82, 2.24) is 5.32 Å². The number of benzene rings is 1. The molecule has 1 fully saturated rings. The van der Waals surface area contributed by atoms with Crippen LogP contribution in [-0.4, -0.2) is 23.2 Å². The standard InChI is InChI=1S/C15H20FNO2/c1-11-5-4-8-15(19,9-11)10-17-14(18)12-6-2-3-7-13(12)16/h2-3,6-7,11,19H,4-5,8-10H2,1H3,(H,17,18). The zero-order valence-corrected chi connectivity index (χ0v) is 11.2. The van der Waals surface area contributed by atoms with Crippen LogP contribution < -0.4 is 5.32 Å². The Morgan fingerprint density at radius 1 is 1.53 bits per heavy atom. The van der Waals surface area contributed by atoms with Crippen LogP contribution >= 0.6 is 0 Å². The smallest absolute Gasteiger partial charge is 0.254 e. The molecule has 1 saturated carbocycles. The molecule has 1 amide bonds. The summed E-state index contributed by atoms with van der Waals surface area (Å²) in [5.41, 5.74) is -0.826. The van der Waals surface area contributed by atoms with Crippen molar-refractivity contribution in [2.75, 3.05) is 6.54 Å². The summed E-state index contributed by atoms with van der Waals surface area (Å²) in [6, 6.07) is 5.86. The first-order valence-corrected chi connectivity index (χ1v) is 6.75. The highest BCUT2D eigenvalue weighted by Crippen LogP contribution is 2.31. The second-order valence-electron chi connectivity index (χ2n) is 5.59. The van der Waals surface area contributed by atoms with E-state index in [-0.39, 0.29) is 12.1 Å². The van der Waals surface area contributed by atoms with Gasteiger partial charge in [0.05, 0.1) is 11.2 Å².